The lowest BCUT2D eigenvalue weighted by molar-refractivity contribution is -0.139. The molecular weight excluding hydrogens is 569 g/mol. The van der Waals surface area contributed by atoms with Crippen LogP contribution in [-0.2, 0) is 26.2 Å². The number of hydrogen-bond donors (Lipinski definition) is 1. The number of anilines is 1. The van der Waals surface area contributed by atoms with Gasteiger partial charge in [0.1, 0.15) is 12.6 Å². The van der Waals surface area contributed by atoms with Crippen LogP contribution in [0.15, 0.2) is 71.6 Å². The van der Waals surface area contributed by atoms with Crippen LogP contribution in [-0.4, -0.2) is 43.8 Å². The van der Waals surface area contributed by atoms with Crippen molar-refractivity contribution in [3.8, 4) is 0 Å². The molecule has 3 aromatic carbocycles. The van der Waals surface area contributed by atoms with E-state index in [9.17, 15) is 18.0 Å². The van der Waals surface area contributed by atoms with Crippen LogP contribution >= 0.6 is 23.2 Å². The number of amides is 2. The SMILES string of the molecule is CC[C@H](C)NC(=O)[C@H](C)N(Cc1ccc(Cl)cc1)C(=O)CN(c1ccc(C)c(Cl)c1)S(=O)(=O)c1ccc(C)cc1. The Labute approximate surface area is 247 Å². The summed E-state index contributed by atoms with van der Waals surface area (Å²) in [6, 6.07) is 17.2. The van der Waals surface area contributed by atoms with Crippen LogP contribution in [0.25, 0.3) is 0 Å². The Morgan fingerprint density at radius 3 is 2.12 bits per heavy atom. The van der Waals surface area contributed by atoms with Gasteiger partial charge in [-0.15, -0.1) is 0 Å². The van der Waals surface area contributed by atoms with Gasteiger partial charge in [0.05, 0.1) is 10.6 Å². The molecule has 214 valence electrons. The molecule has 2 atom stereocenters. The van der Waals surface area contributed by atoms with E-state index in [0.717, 1.165) is 27.4 Å². The zero-order valence-electron chi connectivity index (χ0n) is 23.3. The van der Waals surface area contributed by atoms with Gasteiger partial charge in [0.15, 0.2) is 0 Å². The molecule has 10 heteroatoms. The number of halogens is 2. The number of sulfonamides is 1. The zero-order chi connectivity index (χ0) is 29.6. The molecule has 7 nitrogen and oxygen atoms in total. The van der Waals surface area contributed by atoms with Gasteiger partial charge in [-0.2, -0.15) is 0 Å². The molecule has 0 saturated heterocycles. The number of nitrogens with zero attached hydrogens (tertiary/aromatic N) is 2. The normalized spacial score (nSPS) is 12.9. The first kappa shape index (κ1) is 31.5. The average molecular weight is 605 g/mol. The number of carbonyl (C=O) groups is 2. The third kappa shape index (κ3) is 7.77. The maximum Gasteiger partial charge on any atom is 0.264 e. The van der Waals surface area contributed by atoms with Gasteiger partial charge < -0.3 is 10.2 Å². The van der Waals surface area contributed by atoms with Crippen molar-refractivity contribution in [2.45, 2.75) is 64.6 Å². The zero-order valence-corrected chi connectivity index (χ0v) is 25.6. The van der Waals surface area contributed by atoms with E-state index in [2.05, 4.69) is 5.32 Å². The van der Waals surface area contributed by atoms with Gasteiger partial charge in [-0.05, 0) is 81.6 Å². The third-order valence-corrected chi connectivity index (χ3v) is 9.21. The van der Waals surface area contributed by atoms with E-state index in [0.29, 0.717) is 10.0 Å². The summed E-state index contributed by atoms with van der Waals surface area (Å²) in [6.45, 7) is 8.68. The summed E-state index contributed by atoms with van der Waals surface area (Å²) in [6.07, 6.45) is 0.723. The standard InChI is InChI=1S/C30H35Cl2N3O4S/c1-6-22(4)33-30(37)23(5)34(18-24-10-12-25(31)13-11-24)29(36)19-35(26-14-9-21(3)28(32)17-26)40(38,39)27-15-7-20(2)8-16-27/h7-17,22-23H,6,18-19H2,1-5H3,(H,33,37)/t22-,23-/m0/s1. The van der Waals surface area contributed by atoms with Crippen molar-refractivity contribution in [2.75, 3.05) is 10.8 Å². The van der Waals surface area contributed by atoms with Crippen molar-refractivity contribution < 1.29 is 18.0 Å². The lowest BCUT2D eigenvalue weighted by atomic mass is 10.1. The van der Waals surface area contributed by atoms with Crippen LogP contribution in [0.4, 0.5) is 5.69 Å². The summed E-state index contributed by atoms with van der Waals surface area (Å²) in [5.41, 5.74) is 2.65. The third-order valence-electron chi connectivity index (χ3n) is 6.77. The molecule has 40 heavy (non-hydrogen) atoms. The molecule has 0 fully saturated rings. The monoisotopic (exact) mass is 603 g/mol. The van der Waals surface area contributed by atoms with Crippen molar-refractivity contribution in [3.63, 3.8) is 0 Å². The van der Waals surface area contributed by atoms with E-state index in [1.165, 1.54) is 23.1 Å². The first-order valence-electron chi connectivity index (χ1n) is 13.0. The Hall–Kier alpha value is -3.07. The summed E-state index contributed by atoms with van der Waals surface area (Å²) in [5.74, 6) is -0.878. The molecule has 0 aromatic heterocycles. The Morgan fingerprint density at radius 1 is 0.925 bits per heavy atom. The molecular formula is C30H35Cl2N3O4S. The second-order valence-corrected chi connectivity index (χ2v) is 12.6. The van der Waals surface area contributed by atoms with E-state index in [-0.39, 0.29) is 29.1 Å². The molecule has 0 radical (unpaired) electrons. The highest BCUT2D eigenvalue weighted by Crippen LogP contribution is 2.29. The molecule has 2 amide bonds. The maximum atomic E-state index is 14.0. The summed E-state index contributed by atoms with van der Waals surface area (Å²) in [7, 11) is -4.17. The van der Waals surface area contributed by atoms with Crippen molar-refractivity contribution in [1.29, 1.82) is 0 Å². The minimum absolute atomic E-state index is 0.0365. The van der Waals surface area contributed by atoms with Gasteiger partial charge in [-0.1, -0.05) is 66.0 Å². The van der Waals surface area contributed by atoms with Crippen LogP contribution in [0.2, 0.25) is 10.0 Å². The Kier molecular flexibility index (Phi) is 10.6. The Balaban J connectivity index is 2.04. The van der Waals surface area contributed by atoms with Crippen LogP contribution < -0.4 is 9.62 Å². The van der Waals surface area contributed by atoms with Crippen LogP contribution in [0.3, 0.4) is 0 Å². The molecule has 1 N–H and O–H groups in total. The maximum absolute atomic E-state index is 14.0. The van der Waals surface area contributed by atoms with Crippen LogP contribution in [0.1, 0.15) is 43.9 Å². The van der Waals surface area contributed by atoms with Gasteiger partial charge in [-0.25, -0.2) is 8.42 Å². The number of carbonyl (C=O) groups excluding carboxylic acids is 2. The number of rotatable bonds is 11. The minimum atomic E-state index is -4.17. The van der Waals surface area contributed by atoms with E-state index in [4.69, 9.17) is 23.2 Å². The van der Waals surface area contributed by atoms with Gasteiger partial charge >= 0.3 is 0 Å². The van der Waals surface area contributed by atoms with Crippen molar-refractivity contribution in [3.05, 3.63) is 93.5 Å². The molecule has 0 bridgehead atoms. The molecule has 0 unspecified atom stereocenters. The van der Waals surface area contributed by atoms with Crippen LogP contribution in [0.5, 0.6) is 0 Å². The summed E-state index contributed by atoms with van der Waals surface area (Å²) < 4.78 is 28.8. The van der Waals surface area contributed by atoms with Gasteiger partial charge in [0, 0.05) is 22.6 Å². The number of benzene rings is 3. The summed E-state index contributed by atoms with van der Waals surface area (Å²) >= 11 is 12.4. The number of hydrogen-bond acceptors (Lipinski definition) is 4. The quantitative estimate of drug-likeness (QED) is 0.285. The molecule has 0 heterocycles. The van der Waals surface area contributed by atoms with Crippen molar-refractivity contribution >= 4 is 50.7 Å². The van der Waals surface area contributed by atoms with Gasteiger partial charge in [0.25, 0.3) is 10.0 Å². The lowest BCUT2D eigenvalue weighted by Gasteiger charge is -2.32. The fraction of sp³-hybridized carbons (Fsp3) is 0.333. The van der Waals surface area contributed by atoms with Crippen molar-refractivity contribution in [2.24, 2.45) is 0 Å². The number of nitrogens with one attached hydrogen (secondary N) is 1. The average Bonchev–Trinajstić information content (AvgIpc) is 2.92. The highest BCUT2D eigenvalue weighted by Gasteiger charge is 2.33. The molecule has 0 aliphatic rings. The molecule has 0 saturated carbocycles. The topological polar surface area (TPSA) is 86.8 Å². The first-order valence-corrected chi connectivity index (χ1v) is 15.2. The predicted molar refractivity (Wildman–Crippen MR) is 161 cm³/mol. The number of aryl methyl sites for hydroxylation is 2. The molecule has 3 rings (SSSR count). The highest BCUT2D eigenvalue weighted by atomic mass is 35.5. The molecule has 0 spiro atoms. The van der Waals surface area contributed by atoms with E-state index < -0.39 is 28.5 Å². The molecule has 0 aliphatic heterocycles. The molecule has 0 aliphatic carbocycles. The van der Waals surface area contributed by atoms with Gasteiger partial charge in [-0.3, -0.25) is 13.9 Å². The summed E-state index contributed by atoms with van der Waals surface area (Å²) in [4.78, 5) is 28.5. The second kappa shape index (κ2) is 13.5. The van der Waals surface area contributed by atoms with Crippen molar-refractivity contribution in [1.82, 2.24) is 10.2 Å². The Morgan fingerprint density at radius 2 is 1.55 bits per heavy atom. The van der Waals surface area contributed by atoms with E-state index in [1.54, 1.807) is 55.5 Å². The lowest BCUT2D eigenvalue weighted by Crippen LogP contribution is -2.52. The minimum Gasteiger partial charge on any atom is -0.352 e. The highest BCUT2D eigenvalue weighted by molar-refractivity contribution is 7.92. The Bertz CT molecular complexity index is 1440. The summed E-state index contributed by atoms with van der Waals surface area (Å²) in [5, 5.41) is 3.82. The van der Waals surface area contributed by atoms with E-state index >= 15 is 0 Å². The second-order valence-electron chi connectivity index (χ2n) is 9.90. The fourth-order valence-corrected chi connectivity index (χ4v) is 5.64. The first-order chi connectivity index (χ1) is 18.8. The fourth-order valence-electron chi connectivity index (χ4n) is 3.94. The molecule has 3 aromatic rings. The van der Waals surface area contributed by atoms with Crippen LogP contribution in [0, 0.1) is 13.8 Å². The van der Waals surface area contributed by atoms with Gasteiger partial charge in [0.2, 0.25) is 11.8 Å². The smallest absolute Gasteiger partial charge is 0.264 e. The largest absolute Gasteiger partial charge is 0.352 e. The predicted octanol–water partition coefficient (Wildman–Crippen LogP) is 6.14. The van der Waals surface area contributed by atoms with E-state index in [1.807, 2.05) is 27.7 Å².